The van der Waals surface area contributed by atoms with Crippen molar-refractivity contribution < 1.29 is 18.0 Å². The fourth-order valence-electron chi connectivity index (χ4n) is 2.27. The van der Waals surface area contributed by atoms with E-state index < -0.39 is 17.4 Å². The molecule has 1 aromatic carbocycles. The maximum atomic E-state index is 13.6. The van der Waals surface area contributed by atoms with Gasteiger partial charge in [-0.25, -0.2) is 0 Å². The average Bonchev–Trinajstić information content (AvgIpc) is 2.41. The van der Waals surface area contributed by atoms with Crippen LogP contribution in [-0.2, 0) is 11.2 Å². The van der Waals surface area contributed by atoms with Gasteiger partial charge >= 0.3 is 6.18 Å². The van der Waals surface area contributed by atoms with Crippen molar-refractivity contribution >= 4 is 5.78 Å². The van der Waals surface area contributed by atoms with Gasteiger partial charge in [0.1, 0.15) is 11.2 Å². The average molecular weight is 298 g/mol. The van der Waals surface area contributed by atoms with E-state index in [0.717, 1.165) is 19.8 Å². The summed E-state index contributed by atoms with van der Waals surface area (Å²) in [6, 6.07) is 8.36. The van der Waals surface area contributed by atoms with Crippen molar-refractivity contribution in [3.05, 3.63) is 48.0 Å². The SMILES string of the molecule is CCC/C=C/CC(Cc1ccccc1)(C(C)=O)C(F)(F)F. The van der Waals surface area contributed by atoms with Crippen LogP contribution in [0.4, 0.5) is 13.2 Å². The molecule has 1 atom stereocenters. The molecule has 0 spiro atoms. The van der Waals surface area contributed by atoms with Crippen LogP contribution in [0.15, 0.2) is 42.5 Å². The zero-order valence-electron chi connectivity index (χ0n) is 12.4. The van der Waals surface area contributed by atoms with Crippen molar-refractivity contribution in [3.63, 3.8) is 0 Å². The van der Waals surface area contributed by atoms with Gasteiger partial charge < -0.3 is 0 Å². The van der Waals surface area contributed by atoms with Gasteiger partial charge in [-0.3, -0.25) is 4.79 Å². The Morgan fingerprint density at radius 3 is 2.24 bits per heavy atom. The Balaban J connectivity index is 3.10. The lowest BCUT2D eigenvalue weighted by Gasteiger charge is -2.32. The van der Waals surface area contributed by atoms with Crippen LogP contribution >= 0.6 is 0 Å². The van der Waals surface area contributed by atoms with Gasteiger partial charge in [0.15, 0.2) is 0 Å². The van der Waals surface area contributed by atoms with E-state index >= 15 is 0 Å². The fraction of sp³-hybridized carbons (Fsp3) is 0.471. The van der Waals surface area contributed by atoms with E-state index in [9.17, 15) is 18.0 Å². The van der Waals surface area contributed by atoms with Gasteiger partial charge in [-0.05, 0) is 31.7 Å². The summed E-state index contributed by atoms with van der Waals surface area (Å²) in [4.78, 5) is 11.8. The Labute approximate surface area is 123 Å². The molecule has 0 amide bonds. The Morgan fingerprint density at radius 1 is 1.14 bits per heavy atom. The normalized spacial score (nSPS) is 15.1. The summed E-state index contributed by atoms with van der Waals surface area (Å²) in [5.41, 5.74) is -1.81. The van der Waals surface area contributed by atoms with Crippen LogP contribution in [0.2, 0.25) is 0 Å². The minimum Gasteiger partial charge on any atom is -0.299 e. The number of hydrogen-bond donors (Lipinski definition) is 0. The van der Waals surface area contributed by atoms with Crippen molar-refractivity contribution in [1.82, 2.24) is 0 Å². The molecule has 0 aromatic heterocycles. The van der Waals surface area contributed by atoms with Crippen molar-refractivity contribution in [3.8, 4) is 0 Å². The molecule has 1 aromatic rings. The molecule has 1 unspecified atom stereocenters. The van der Waals surface area contributed by atoms with Crippen LogP contribution in [0.25, 0.3) is 0 Å². The van der Waals surface area contributed by atoms with Crippen LogP contribution in [-0.4, -0.2) is 12.0 Å². The molecular weight excluding hydrogens is 277 g/mol. The molecule has 0 saturated carbocycles. The number of hydrogen-bond acceptors (Lipinski definition) is 1. The number of carbonyl (C=O) groups is 1. The Hall–Kier alpha value is -1.58. The molecule has 0 radical (unpaired) electrons. The summed E-state index contributed by atoms with van der Waals surface area (Å²) in [5.74, 6) is -0.833. The number of halogens is 3. The molecule has 4 heteroatoms. The first-order valence-corrected chi connectivity index (χ1v) is 7.10. The van der Waals surface area contributed by atoms with Crippen LogP contribution in [0.5, 0.6) is 0 Å². The summed E-state index contributed by atoms with van der Waals surface area (Å²) in [6.07, 6.45) is -0.393. The summed E-state index contributed by atoms with van der Waals surface area (Å²) < 4.78 is 40.7. The smallest absolute Gasteiger partial charge is 0.299 e. The van der Waals surface area contributed by atoms with Gasteiger partial charge in [-0.2, -0.15) is 13.2 Å². The highest BCUT2D eigenvalue weighted by Gasteiger charge is 2.57. The summed E-state index contributed by atoms with van der Waals surface area (Å²) >= 11 is 0. The van der Waals surface area contributed by atoms with E-state index in [4.69, 9.17) is 0 Å². The van der Waals surface area contributed by atoms with E-state index in [1.807, 2.05) is 6.92 Å². The number of rotatable bonds is 7. The zero-order chi connectivity index (χ0) is 15.9. The van der Waals surface area contributed by atoms with Crippen molar-refractivity contribution in [1.29, 1.82) is 0 Å². The lowest BCUT2D eigenvalue weighted by Crippen LogP contribution is -2.45. The highest BCUT2D eigenvalue weighted by Crippen LogP contribution is 2.45. The Kier molecular flexibility index (Phi) is 6.19. The van der Waals surface area contributed by atoms with Gasteiger partial charge in [0, 0.05) is 0 Å². The highest BCUT2D eigenvalue weighted by molar-refractivity contribution is 5.83. The third-order valence-electron chi connectivity index (χ3n) is 3.65. The summed E-state index contributed by atoms with van der Waals surface area (Å²) in [5, 5.41) is 0. The lowest BCUT2D eigenvalue weighted by atomic mass is 9.74. The second-order valence-electron chi connectivity index (χ2n) is 5.26. The largest absolute Gasteiger partial charge is 0.401 e. The number of alkyl halides is 3. The maximum absolute atomic E-state index is 13.6. The van der Waals surface area contributed by atoms with Crippen LogP contribution in [0.1, 0.15) is 38.7 Å². The Morgan fingerprint density at radius 2 is 1.76 bits per heavy atom. The molecular formula is C17H21F3O. The maximum Gasteiger partial charge on any atom is 0.401 e. The predicted molar refractivity (Wildman–Crippen MR) is 78.0 cm³/mol. The molecule has 21 heavy (non-hydrogen) atoms. The molecule has 0 fully saturated rings. The first-order valence-electron chi connectivity index (χ1n) is 7.10. The van der Waals surface area contributed by atoms with Crippen molar-refractivity contribution in [2.45, 2.75) is 45.7 Å². The predicted octanol–water partition coefficient (Wildman–Crippen LogP) is 5.11. The fourth-order valence-corrected chi connectivity index (χ4v) is 2.27. The zero-order valence-corrected chi connectivity index (χ0v) is 12.4. The van der Waals surface area contributed by atoms with Crippen LogP contribution < -0.4 is 0 Å². The molecule has 1 nitrogen and oxygen atoms in total. The molecule has 0 heterocycles. The van der Waals surface area contributed by atoms with Crippen molar-refractivity contribution in [2.24, 2.45) is 5.41 Å². The molecule has 116 valence electrons. The topological polar surface area (TPSA) is 17.1 Å². The third kappa shape index (κ3) is 4.45. The first-order chi connectivity index (χ1) is 9.83. The van der Waals surface area contributed by atoms with E-state index in [1.54, 1.807) is 36.4 Å². The van der Waals surface area contributed by atoms with E-state index in [2.05, 4.69) is 0 Å². The van der Waals surface area contributed by atoms with Gasteiger partial charge in [0.25, 0.3) is 0 Å². The monoisotopic (exact) mass is 298 g/mol. The van der Waals surface area contributed by atoms with E-state index in [-0.39, 0.29) is 12.8 Å². The van der Waals surface area contributed by atoms with Gasteiger partial charge in [0.05, 0.1) is 0 Å². The quantitative estimate of drug-likeness (QED) is 0.639. The molecule has 0 bridgehead atoms. The van der Waals surface area contributed by atoms with Crippen LogP contribution in [0, 0.1) is 5.41 Å². The molecule has 1 rings (SSSR count). The van der Waals surface area contributed by atoms with Gasteiger partial charge in [-0.1, -0.05) is 55.8 Å². The number of benzene rings is 1. The van der Waals surface area contributed by atoms with E-state index in [0.29, 0.717) is 5.56 Å². The van der Waals surface area contributed by atoms with Gasteiger partial charge in [0.2, 0.25) is 0 Å². The minimum absolute atomic E-state index is 0.305. The third-order valence-corrected chi connectivity index (χ3v) is 3.65. The van der Waals surface area contributed by atoms with Crippen LogP contribution in [0.3, 0.4) is 0 Å². The second-order valence-corrected chi connectivity index (χ2v) is 5.26. The summed E-state index contributed by atoms with van der Waals surface area (Å²) in [6.45, 7) is 2.99. The standard InChI is InChI=1S/C17H21F3O/c1-3-4-5-9-12-16(14(2)21,17(18,19)20)13-15-10-7-6-8-11-15/h5-11H,3-4,12-13H2,1-2H3/b9-5+. The van der Waals surface area contributed by atoms with Crippen molar-refractivity contribution in [2.75, 3.05) is 0 Å². The number of allylic oxidation sites excluding steroid dienone is 2. The Bertz CT molecular complexity index is 477. The van der Waals surface area contributed by atoms with Gasteiger partial charge in [-0.15, -0.1) is 0 Å². The molecule has 0 aliphatic carbocycles. The summed E-state index contributed by atoms with van der Waals surface area (Å²) in [7, 11) is 0. The minimum atomic E-state index is -4.56. The number of unbranched alkanes of at least 4 members (excludes halogenated alkanes) is 1. The molecule has 0 aliphatic heterocycles. The lowest BCUT2D eigenvalue weighted by molar-refractivity contribution is -0.218. The second kappa shape index (κ2) is 7.43. The molecule has 0 N–H and O–H groups in total. The molecule has 0 aliphatic rings. The number of carbonyl (C=O) groups excluding carboxylic acids is 1. The first kappa shape index (κ1) is 17.5. The van der Waals surface area contributed by atoms with E-state index in [1.165, 1.54) is 6.08 Å². The highest BCUT2D eigenvalue weighted by atomic mass is 19.4. The number of ketones is 1. The molecule has 0 saturated heterocycles. The number of Topliss-reactive ketones (excluding diaryl/α,β-unsaturated/α-hetero) is 1.